The second-order valence-corrected chi connectivity index (χ2v) is 5.53. The molecule has 0 saturated heterocycles. The SMILES string of the molecule is COCCNC(=O)c1ccc(NC(=O)C(C)(C)N)cc1Cl.Cl. The van der Waals surface area contributed by atoms with Crippen LogP contribution in [0.15, 0.2) is 18.2 Å². The number of anilines is 1. The lowest BCUT2D eigenvalue weighted by Crippen LogP contribution is -2.45. The summed E-state index contributed by atoms with van der Waals surface area (Å²) in [6.07, 6.45) is 0. The first kappa shape index (κ1) is 20.7. The summed E-state index contributed by atoms with van der Waals surface area (Å²) in [5, 5.41) is 5.56. The van der Waals surface area contributed by atoms with Crippen LogP contribution in [-0.4, -0.2) is 37.6 Å². The van der Waals surface area contributed by atoms with Crippen molar-refractivity contribution >= 4 is 41.5 Å². The van der Waals surface area contributed by atoms with Gasteiger partial charge in [-0.15, -0.1) is 12.4 Å². The predicted molar refractivity (Wildman–Crippen MR) is 89.8 cm³/mol. The number of rotatable bonds is 6. The quantitative estimate of drug-likeness (QED) is 0.682. The Labute approximate surface area is 141 Å². The molecule has 0 aromatic heterocycles. The zero-order chi connectivity index (χ0) is 16.0. The Morgan fingerprint density at radius 1 is 1.36 bits per heavy atom. The average Bonchev–Trinajstić information content (AvgIpc) is 2.37. The van der Waals surface area contributed by atoms with Crippen LogP contribution in [0.2, 0.25) is 5.02 Å². The summed E-state index contributed by atoms with van der Waals surface area (Å²) in [6.45, 7) is 4.01. The van der Waals surface area contributed by atoms with E-state index >= 15 is 0 Å². The second kappa shape index (κ2) is 8.95. The van der Waals surface area contributed by atoms with Crippen LogP contribution in [0.5, 0.6) is 0 Å². The number of nitrogens with one attached hydrogen (secondary N) is 2. The minimum absolute atomic E-state index is 0. The Morgan fingerprint density at radius 2 is 2.00 bits per heavy atom. The highest BCUT2D eigenvalue weighted by atomic mass is 35.5. The lowest BCUT2D eigenvalue weighted by Gasteiger charge is -2.18. The molecule has 1 rings (SSSR count). The fourth-order valence-corrected chi connectivity index (χ4v) is 1.70. The highest BCUT2D eigenvalue weighted by Gasteiger charge is 2.22. The number of hydrogen-bond donors (Lipinski definition) is 3. The number of nitrogens with two attached hydrogens (primary N) is 1. The number of benzene rings is 1. The average molecular weight is 350 g/mol. The van der Waals surface area contributed by atoms with E-state index in [2.05, 4.69) is 10.6 Å². The lowest BCUT2D eigenvalue weighted by molar-refractivity contribution is -0.120. The van der Waals surface area contributed by atoms with Crippen molar-refractivity contribution in [2.45, 2.75) is 19.4 Å². The number of hydrogen-bond acceptors (Lipinski definition) is 4. The monoisotopic (exact) mass is 349 g/mol. The predicted octanol–water partition coefficient (Wildman–Crippen LogP) is 1.81. The molecule has 0 fully saturated rings. The molecule has 0 bridgehead atoms. The number of ether oxygens (including phenoxy) is 1. The molecule has 4 N–H and O–H groups in total. The Kier molecular flexibility index (Phi) is 8.40. The molecule has 6 nitrogen and oxygen atoms in total. The van der Waals surface area contributed by atoms with Crippen LogP contribution in [0.3, 0.4) is 0 Å². The molecule has 0 radical (unpaired) electrons. The van der Waals surface area contributed by atoms with Crippen LogP contribution in [0.4, 0.5) is 5.69 Å². The maximum absolute atomic E-state index is 11.9. The maximum atomic E-state index is 11.9. The summed E-state index contributed by atoms with van der Waals surface area (Å²) in [4.78, 5) is 23.6. The molecule has 0 aliphatic rings. The molecule has 124 valence electrons. The summed E-state index contributed by atoms with van der Waals surface area (Å²) in [7, 11) is 1.55. The van der Waals surface area contributed by atoms with Gasteiger partial charge < -0.3 is 21.1 Å². The molecular weight excluding hydrogens is 329 g/mol. The van der Waals surface area contributed by atoms with E-state index in [1.165, 1.54) is 6.07 Å². The molecule has 0 unspecified atom stereocenters. The van der Waals surface area contributed by atoms with Crippen LogP contribution in [0.1, 0.15) is 24.2 Å². The molecule has 0 aliphatic heterocycles. The molecule has 2 amide bonds. The molecule has 0 heterocycles. The third-order valence-electron chi connectivity index (χ3n) is 2.65. The third kappa shape index (κ3) is 6.19. The summed E-state index contributed by atoms with van der Waals surface area (Å²) < 4.78 is 4.85. The van der Waals surface area contributed by atoms with E-state index in [0.29, 0.717) is 24.4 Å². The van der Waals surface area contributed by atoms with Crippen LogP contribution in [0, 0.1) is 0 Å². The van der Waals surface area contributed by atoms with E-state index in [4.69, 9.17) is 22.1 Å². The maximum Gasteiger partial charge on any atom is 0.252 e. The van der Waals surface area contributed by atoms with Crippen molar-refractivity contribution in [2.75, 3.05) is 25.6 Å². The van der Waals surface area contributed by atoms with Gasteiger partial charge in [-0.05, 0) is 32.0 Å². The van der Waals surface area contributed by atoms with E-state index in [1.54, 1.807) is 33.1 Å². The van der Waals surface area contributed by atoms with Gasteiger partial charge in [-0.1, -0.05) is 11.6 Å². The molecule has 0 atom stereocenters. The first-order chi connectivity index (χ1) is 9.75. The van der Waals surface area contributed by atoms with E-state index in [0.717, 1.165) is 0 Å². The van der Waals surface area contributed by atoms with Gasteiger partial charge in [0.2, 0.25) is 5.91 Å². The summed E-state index contributed by atoms with van der Waals surface area (Å²) >= 11 is 6.06. The standard InChI is InChI=1S/C14H20ClN3O3.ClH/c1-14(2,16)13(20)18-9-4-5-10(11(15)8-9)12(19)17-6-7-21-3;/h4-5,8H,6-7,16H2,1-3H3,(H,17,19)(H,18,20);1H. The van der Waals surface area contributed by atoms with Gasteiger partial charge in [-0.3, -0.25) is 9.59 Å². The fraction of sp³-hybridized carbons (Fsp3) is 0.429. The highest BCUT2D eigenvalue weighted by Crippen LogP contribution is 2.21. The Hall–Kier alpha value is -1.34. The number of amides is 2. The second-order valence-electron chi connectivity index (χ2n) is 5.12. The van der Waals surface area contributed by atoms with Crippen molar-refractivity contribution in [3.63, 3.8) is 0 Å². The zero-order valence-electron chi connectivity index (χ0n) is 12.7. The van der Waals surface area contributed by atoms with Crippen molar-refractivity contribution in [3.05, 3.63) is 28.8 Å². The molecule has 0 saturated carbocycles. The van der Waals surface area contributed by atoms with E-state index in [-0.39, 0.29) is 29.2 Å². The lowest BCUT2D eigenvalue weighted by atomic mass is 10.1. The van der Waals surface area contributed by atoms with Gasteiger partial charge in [-0.25, -0.2) is 0 Å². The fourth-order valence-electron chi connectivity index (χ4n) is 1.43. The number of carbonyl (C=O) groups is 2. The van der Waals surface area contributed by atoms with Crippen LogP contribution < -0.4 is 16.4 Å². The van der Waals surface area contributed by atoms with Crippen LogP contribution >= 0.6 is 24.0 Å². The van der Waals surface area contributed by atoms with Crippen molar-refractivity contribution < 1.29 is 14.3 Å². The molecule has 0 aliphatic carbocycles. The minimum Gasteiger partial charge on any atom is -0.383 e. The van der Waals surface area contributed by atoms with E-state index < -0.39 is 5.54 Å². The minimum atomic E-state index is -0.997. The van der Waals surface area contributed by atoms with Gasteiger partial charge in [0.15, 0.2) is 0 Å². The summed E-state index contributed by atoms with van der Waals surface area (Å²) in [6, 6.07) is 4.65. The number of halogens is 2. The molecule has 0 spiro atoms. The Balaban J connectivity index is 0.00000441. The smallest absolute Gasteiger partial charge is 0.252 e. The number of carbonyl (C=O) groups excluding carboxylic acids is 2. The molecule has 1 aromatic rings. The topological polar surface area (TPSA) is 93.5 Å². The van der Waals surface area contributed by atoms with Crippen molar-refractivity contribution in [1.82, 2.24) is 5.32 Å². The van der Waals surface area contributed by atoms with Gasteiger partial charge in [0.1, 0.15) is 0 Å². The molecular formula is C14H21Cl2N3O3. The van der Waals surface area contributed by atoms with Gasteiger partial charge in [-0.2, -0.15) is 0 Å². The molecule has 1 aromatic carbocycles. The number of methoxy groups -OCH3 is 1. The van der Waals surface area contributed by atoms with Crippen LogP contribution in [0.25, 0.3) is 0 Å². The van der Waals surface area contributed by atoms with E-state index in [9.17, 15) is 9.59 Å². The van der Waals surface area contributed by atoms with Crippen molar-refractivity contribution in [3.8, 4) is 0 Å². The van der Waals surface area contributed by atoms with Gasteiger partial charge in [0, 0.05) is 19.3 Å². The van der Waals surface area contributed by atoms with Crippen LogP contribution in [-0.2, 0) is 9.53 Å². The zero-order valence-corrected chi connectivity index (χ0v) is 14.3. The van der Waals surface area contributed by atoms with Gasteiger partial charge in [0.25, 0.3) is 5.91 Å². The Bertz CT molecular complexity index is 531. The summed E-state index contributed by atoms with van der Waals surface area (Å²) in [5.74, 6) is -0.634. The van der Waals surface area contributed by atoms with Crippen molar-refractivity contribution in [2.24, 2.45) is 5.73 Å². The van der Waals surface area contributed by atoms with Crippen molar-refractivity contribution in [1.29, 1.82) is 0 Å². The molecule has 22 heavy (non-hydrogen) atoms. The van der Waals surface area contributed by atoms with Gasteiger partial charge >= 0.3 is 0 Å². The third-order valence-corrected chi connectivity index (χ3v) is 2.96. The molecule has 8 heteroatoms. The largest absolute Gasteiger partial charge is 0.383 e. The highest BCUT2D eigenvalue weighted by molar-refractivity contribution is 6.34. The normalized spacial score (nSPS) is 10.6. The van der Waals surface area contributed by atoms with Gasteiger partial charge in [0.05, 0.1) is 22.7 Å². The summed E-state index contributed by atoms with van der Waals surface area (Å²) in [5.41, 5.74) is 5.51. The first-order valence-electron chi connectivity index (χ1n) is 6.42. The Morgan fingerprint density at radius 3 is 2.50 bits per heavy atom. The van der Waals surface area contributed by atoms with E-state index in [1.807, 2.05) is 0 Å². The first-order valence-corrected chi connectivity index (χ1v) is 6.80.